The molecule has 1 amide bonds. The summed E-state index contributed by atoms with van der Waals surface area (Å²) in [6.07, 6.45) is 5.10. The lowest BCUT2D eigenvalue weighted by molar-refractivity contribution is 0.0947. The largest absolute Gasteiger partial charge is 0.378 e. The van der Waals surface area contributed by atoms with Crippen molar-refractivity contribution >= 4 is 49.8 Å². The first-order chi connectivity index (χ1) is 14.0. The Morgan fingerprint density at radius 2 is 2.00 bits per heavy atom. The molecule has 10 heteroatoms. The van der Waals surface area contributed by atoms with Crippen LogP contribution < -0.4 is 16.0 Å². The Bertz CT molecular complexity index is 1040. The highest BCUT2D eigenvalue weighted by Gasteiger charge is 2.25. The summed E-state index contributed by atoms with van der Waals surface area (Å²) in [7, 11) is 0. The molecule has 0 atom stereocenters. The number of nitrogens with zero attached hydrogens (tertiary/aromatic N) is 2. The number of amides is 1. The molecule has 0 radical (unpaired) electrons. The van der Waals surface area contributed by atoms with Gasteiger partial charge in [-0.1, -0.05) is 11.3 Å². The van der Waals surface area contributed by atoms with Gasteiger partial charge in [0.1, 0.15) is 17.5 Å². The van der Waals surface area contributed by atoms with E-state index in [4.69, 9.17) is 0 Å². The predicted octanol–water partition coefficient (Wildman–Crippen LogP) is 4.83. The third-order valence-electron chi connectivity index (χ3n) is 4.18. The van der Waals surface area contributed by atoms with Gasteiger partial charge in [-0.3, -0.25) is 4.79 Å². The van der Waals surface area contributed by atoms with E-state index in [-0.39, 0.29) is 23.8 Å². The van der Waals surface area contributed by atoms with Crippen molar-refractivity contribution in [1.29, 1.82) is 0 Å². The van der Waals surface area contributed by atoms with E-state index >= 15 is 0 Å². The summed E-state index contributed by atoms with van der Waals surface area (Å²) in [5.74, 6) is -1.51. The zero-order valence-electron chi connectivity index (χ0n) is 15.0. The first-order valence-electron chi connectivity index (χ1n) is 8.85. The molecule has 1 aromatic carbocycles. The highest BCUT2D eigenvalue weighted by molar-refractivity contribution is 9.10. The highest BCUT2D eigenvalue weighted by Crippen LogP contribution is 2.26. The van der Waals surface area contributed by atoms with E-state index in [0.29, 0.717) is 10.9 Å². The van der Waals surface area contributed by atoms with Crippen LogP contribution in [0.3, 0.4) is 0 Å². The van der Waals surface area contributed by atoms with Crippen molar-refractivity contribution in [3.8, 4) is 0 Å². The van der Waals surface area contributed by atoms with Crippen LogP contribution in [-0.4, -0.2) is 21.9 Å². The Balaban J connectivity index is 1.41. The minimum absolute atomic E-state index is 0.0600. The fraction of sp³-hybridized carbons (Fsp3) is 0.211. The lowest BCUT2D eigenvalue weighted by Gasteiger charge is -2.10. The number of carbonyl (C=O) groups is 1. The summed E-state index contributed by atoms with van der Waals surface area (Å²) < 4.78 is 29.0. The van der Waals surface area contributed by atoms with E-state index in [1.54, 1.807) is 12.4 Å². The van der Waals surface area contributed by atoms with Crippen LogP contribution in [-0.2, 0) is 6.54 Å². The van der Waals surface area contributed by atoms with E-state index in [1.165, 1.54) is 17.4 Å². The maximum Gasteiger partial charge on any atom is 0.254 e. The second kappa shape index (κ2) is 8.42. The molecule has 0 spiro atoms. The molecule has 3 N–H and O–H groups in total. The van der Waals surface area contributed by atoms with Crippen molar-refractivity contribution in [3.05, 3.63) is 63.2 Å². The average molecular weight is 480 g/mol. The fourth-order valence-electron chi connectivity index (χ4n) is 2.54. The van der Waals surface area contributed by atoms with E-state index in [2.05, 4.69) is 41.8 Å². The lowest BCUT2D eigenvalue weighted by Crippen LogP contribution is -2.26. The standard InChI is InChI=1S/C19H16BrF2N5OS/c20-10-1-4-17(24-7-10)27-19-25-9-12(29-19)8-23-16-5-13(14(21)6-15(16)22)18(28)26-11-2-3-11/h1,4-7,9,11,23H,2-3,8H2,(H,26,28)(H,24,25,27). The molecule has 0 aliphatic heterocycles. The van der Waals surface area contributed by atoms with Crippen molar-refractivity contribution in [2.45, 2.75) is 25.4 Å². The molecule has 1 saturated carbocycles. The van der Waals surface area contributed by atoms with Crippen LogP contribution in [0.5, 0.6) is 0 Å². The zero-order chi connectivity index (χ0) is 20.4. The van der Waals surface area contributed by atoms with Crippen LogP contribution in [0.15, 0.2) is 41.1 Å². The maximum atomic E-state index is 14.1. The van der Waals surface area contributed by atoms with Crippen molar-refractivity contribution in [2.75, 3.05) is 10.6 Å². The Hall–Kier alpha value is -2.59. The molecule has 1 aliphatic carbocycles. The van der Waals surface area contributed by atoms with E-state index < -0.39 is 17.5 Å². The molecule has 2 aromatic heterocycles. The summed E-state index contributed by atoms with van der Waals surface area (Å²) >= 11 is 4.70. The van der Waals surface area contributed by atoms with Crippen LogP contribution in [0.1, 0.15) is 28.1 Å². The third kappa shape index (κ3) is 5.07. The van der Waals surface area contributed by atoms with Gasteiger partial charge in [0.2, 0.25) is 0 Å². The van der Waals surface area contributed by atoms with Gasteiger partial charge in [-0.05, 0) is 47.0 Å². The minimum atomic E-state index is -0.877. The molecule has 6 nitrogen and oxygen atoms in total. The van der Waals surface area contributed by atoms with Gasteiger partial charge in [0, 0.05) is 33.9 Å². The molecule has 2 heterocycles. The number of carbonyl (C=O) groups excluding carboxylic acids is 1. The van der Waals surface area contributed by atoms with Gasteiger partial charge in [-0.2, -0.15) is 0 Å². The van der Waals surface area contributed by atoms with Crippen LogP contribution in [0, 0.1) is 11.6 Å². The van der Waals surface area contributed by atoms with Crippen LogP contribution in [0.2, 0.25) is 0 Å². The SMILES string of the molecule is O=C(NC1CC1)c1cc(NCc2cnc(Nc3ccc(Br)cn3)s2)c(F)cc1F. The van der Waals surface area contributed by atoms with Crippen LogP contribution in [0.4, 0.5) is 25.4 Å². The van der Waals surface area contributed by atoms with Gasteiger partial charge < -0.3 is 16.0 Å². The van der Waals surface area contributed by atoms with Gasteiger partial charge in [-0.15, -0.1) is 0 Å². The summed E-state index contributed by atoms with van der Waals surface area (Å²) in [6.45, 7) is 0.277. The third-order valence-corrected chi connectivity index (χ3v) is 5.56. The Labute approximate surface area is 177 Å². The van der Waals surface area contributed by atoms with Crippen molar-refractivity contribution < 1.29 is 13.6 Å². The van der Waals surface area contributed by atoms with Crippen molar-refractivity contribution in [1.82, 2.24) is 15.3 Å². The Morgan fingerprint density at radius 3 is 2.72 bits per heavy atom. The second-order valence-corrected chi connectivity index (χ2v) is 8.56. The van der Waals surface area contributed by atoms with Gasteiger partial charge in [0.05, 0.1) is 17.8 Å². The number of thiazole rings is 1. The molecular formula is C19H16BrF2N5OS. The quantitative estimate of drug-likeness (QED) is 0.452. The van der Waals surface area contributed by atoms with Crippen LogP contribution in [0.25, 0.3) is 0 Å². The van der Waals surface area contributed by atoms with E-state index in [9.17, 15) is 13.6 Å². The molecule has 29 heavy (non-hydrogen) atoms. The highest BCUT2D eigenvalue weighted by atomic mass is 79.9. The monoisotopic (exact) mass is 479 g/mol. The molecule has 0 saturated heterocycles. The number of nitrogens with one attached hydrogen (secondary N) is 3. The molecule has 150 valence electrons. The molecule has 1 aliphatic rings. The summed E-state index contributed by atoms with van der Waals surface area (Å²) in [6, 6.07) is 5.69. The smallest absolute Gasteiger partial charge is 0.254 e. The van der Waals surface area contributed by atoms with Crippen molar-refractivity contribution in [2.24, 2.45) is 0 Å². The zero-order valence-corrected chi connectivity index (χ0v) is 17.4. The van der Waals surface area contributed by atoms with Crippen molar-refractivity contribution in [3.63, 3.8) is 0 Å². The van der Waals surface area contributed by atoms with Gasteiger partial charge in [0.25, 0.3) is 5.91 Å². The minimum Gasteiger partial charge on any atom is -0.378 e. The lowest BCUT2D eigenvalue weighted by atomic mass is 10.1. The molecule has 3 aromatic rings. The average Bonchev–Trinajstić information content (AvgIpc) is 3.39. The number of hydrogen-bond donors (Lipinski definition) is 3. The van der Waals surface area contributed by atoms with Crippen LogP contribution >= 0.6 is 27.3 Å². The number of benzene rings is 1. The number of halogens is 3. The summed E-state index contributed by atoms with van der Waals surface area (Å²) in [5, 5.41) is 9.34. The number of rotatable bonds is 7. The Morgan fingerprint density at radius 1 is 1.17 bits per heavy atom. The second-order valence-electron chi connectivity index (χ2n) is 6.53. The molecule has 1 fully saturated rings. The predicted molar refractivity (Wildman–Crippen MR) is 112 cm³/mol. The van der Waals surface area contributed by atoms with E-state index in [1.807, 2.05) is 12.1 Å². The van der Waals surface area contributed by atoms with Gasteiger partial charge in [-0.25, -0.2) is 18.7 Å². The van der Waals surface area contributed by atoms with E-state index in [0.717, 1.165) is 28.3 Å². The molecular weight excluding hydrogens is 464 g/mol. The van der Waals surface area contributed by atoms with Gasteiger partial charge >= 0.3 is 0 Å². The molecule has 4 rings (SSSR count). The molecule has 0 unspecified atom stereocenters. The Kier molecular flexibility index (Phi) is 5.72. The number of pyridine rings is 1. The number of anilines is 3. The van der Waals surface area contributed by atoms with Gasteiger partial charge in [0.15, 0.2) is 5.13 Å². The fourth-order valence-corrected chi connectivity index (χ4v) is 3.53. The maximum absolute atomic E-state index is 14.1. The number of aromatic nitrogens is 2. The summed E-state index contributed by atoms with van der Waals surface area (Å²) in [5.41, 5.74) is -0.112. The summed E-state index contributed by atoms with van der Waals surface area (Å²) in [4.78, 5) is 21.4. The first kappa shape index (κ1) is 19.7. The molecule has 0 bridgehead atoms. The first-order valence-corrected chi connectivity index (χ1v) is 10.5. The normalized spacial score (nSPS) is 13.2. The topological polar surface area (TPSA) is 78.9 Å². The number of hydrogen-bond acceptors (Lipinski definition) is 6.